The van der Waals surface area contributed by atoms with Gasteiger partial charge in [0.1, 0.15) is 5.76 Å². The monoisotopic (exact) mass is 181 g/mol. The molecule has 0 atom stereocenters. The van der Waals surface area contributed by atoms with Crippen LogP contribution >= 0.6 is 0 Å². The summed E-state index contributed by atoms with van der Waals surface area (Å²) in [7, 11) is 0. The molecule has 1 rings (SSSR count). The third-order valence-electron chi connectivity index (χ3n) is 2.17. The average molecular weight is 181 g/mol. The minimum Gasteiger partial charge on any atom is -0.446 e. The lowest BCUT2D eigenvalue weighted by Gasteiger charge is -1.90. The molecule has 0 saturated heterocycles. The van der Waals surface area contributed by atoms with Crippen LogP contribution in [0.1, 0.15) is 50.5 Å². The van der Waals surface area contributed by atoms with Crippen LogP contribution in [0.2, 0.25) is 0 Å². The normalized spacial score (nSPS) is 10.7. The minimum atomic E-state index is 0.919. The standard InChI is InChI=1S/C11H19NO/c1-4-6-8-11-12-10(7-5-2)9(3)13-11/h4-8H2,1-3H3. The fourth-order valence-electron chi connectivity index (χ4n) is 1.39. The lowest BCUT2D eigenvalue weighted by atomic mass is 10.2. The maximum atomic E-state index is 5.56. The first kappa shape index (κ1) is 10.3. The smallest absolute Gasteiger partial charge is 0.194 e. The number of unbranched alkanes of at least 4 members (excludes halogenated alkanes) is 1. The van der Waals surface area contributed by atoms with Crippen molar-refractivity contribution in [2.75, 3.05) is 0 Å². The molecular weight excluding hydrogens is 162 g/mol. The van der Waals surface area contributed by atoms with E-state index >= 15 is 0 Å². The van der Waals surface area contributed by atoms with Gasteiger partial charge in [0.15, 0.2) is 5.89 Å². The summed E-state index contributed by atoms with van der Waals surface area (Å²) in [6.45, 7) is 6.36. The Kier molecular flexibility index (Phi) is 4.00. The molecule has 0 aromatic carbocycles. The van der Waals surface area contributed by atoms with E-state index in [1.807, 2.05) is 6.92 Å². The van der Waals surface area contributed by atoms with Crippen LogP contribution in [0.3, 0.4) is 0 Å². The second-order valence-corrected chi connectivity index (χ2v) is 3.46. The first-order valence-corrected chi connectivity index (χ1v) is 5.23. The lowest BCUT2D eigenvalue weighted by Crippen LogP contribution is -1.88. The Bertz CT molecular complexity index is 253. The van der Waals surface area contributed by atoms with Gasteiger partial charge in [-0.1, -0.05) is 26.7 Å². The van der Waals surface area contributed by atoms with Crippen molar-refractivity contribution in [1.82, 2.24) is 4.98 Å². The highest BCUT2D eigenvalue weighted by atomic mass is 16.4. The van der Waals surface area contributed by atoms with Gasteiger partial charge in [0.25, 0.3) is 0 Å². The summed E-state index contributed by atoms with van der Waals surface area (Å²) in [5, 5.41) is 0. The molecule has 0 fully saturated rings. The highest BCUT2D eigenvalue weighted by Crippen LogP contribution is 2.13. The van der Waals surface area contributed by atoms with E-state index < -0.39 is 0 Å². The number of rotatable bonds is 5. The van der Waals surface area contributed by atoms with Crippen LogP contribution in [-0.2, 0) is 12.8 Å². The molecule has 1 aromatic heterocycles. The highest BCUT2D eigenvalue weighted by molar-refractivity contribution is 5.08. The molecule has 74 valence electrons. The molecule has 0 aliphatic heterocycles. The van der Waals surface area contributed by atoms with Gasteiger partial charge in [-0.2, -0.15) is 0 Å². The molecule has 0 spiro atoms. The van der Waals surface area contributed by atoms with Crippen molar-refractivity contribution in [3.8, 4) is 0 Å². The Hall–Kier alpha value is -0.790. The quantitative estimate of drug-likeness (QED) is 0.696. The summed E-state index contributed by atoms with van der Waals surface area (Å²) in [4.78, 5) is 4.47. The van der Waals surface area contributed by atoms with E-state index in [9.17, 15) is 0 Å². The second kappa shape index (κ2) is 5.05. The van der Waals surface area contributed by atoms with Crippen molar-refractivity contribution < 1.29 is 4.42 Å². The summed E-state index contributed by atoms with van der Waals surface area (Å²) >= 11 is 0. The van der Waals surface area contributed by atoms with Crippen LogP contribution < -0.4 is 0 Å². The van der Waals surface area contributed by atoms with Gasteiger partial charge in [-0.05, 0) is 19.8 Å². The SMILES string of the molecule is CCCCc1nc(CCC)c(C)o1. The molecule has 2 nitrogen and oxygen atoms in total. The van der Waals surface area contributed by atoms with Gasteiger partial charge in [0.05, 0.1) is 5.69 Å². The van der Waals surface area contributed by atoms with Crippen LogP contribution in [0.25, 0.3) is 0 Å². The molecule has 2 heteroatoms. The zero-order valence-corrected chi connectivity index (χ0v) is 8.89. The van der Waals surface area contributed by atoms with Crippen LogP contribution in [0.5, 0.6) is 0 Å². The van der Waals surface area contributed by atoms with Gasteiger partial charge < -0.3 is 4.42 Å². The van der Waals surface area contributed by atoms with E-state index in [-0.39, 0.29) is 0 Å². The molecule has 0 aliphatic rings. The second-order valence-electron chi connectivity index (χ2n) is 3.46. The first-order valence-electron chi connectivity index (χ1n) is 5.23. The summed E-state index contributed by atoms with van der Waals surface area (Å²) in [6.07, 6.45) is 5.54. The molecule has 0 radical (unpaired) electrons. The summed E-state index contributed by atoms with van der Waals surface area (Å²) < 4.78 is 5.56. The van der Waals surface area contributed by atoms with E-state index in [1.54, 1.807) is 0 Å². The number of aryl methyl sites for hydroxylation is 3. The van der Waals surface area contributed by atoms with E-state index in [1.165, 1.54) is 12.8 Å². The molecule has 1 aromatic rings. The fraction of sp³-hybridized carbons (Fsp3) is 0.727. The van der Waals surface area contributed by atoms with Gasteiger partial charge >= 0.3 is 0 Å². The predicted molar refractivity (Wildman–Crippen MR) is 53.8 cm³/mol. The Labute approximate surface area is 80.4 Å². The third-order valence-corrected chi connectivity index (χ3v) is 2.17. The number of aromatic nitrogens is 1. The molecule has 1 heterocycles. The topological polar surface area (TPSA) is 26.0 Å². The highest BCUT2D eigenvalue weighted by Gasteiger charge is 2.07. The summed E-state index contributed by atoms with van der Waals surface area (Å²) in [5.41, 5.74) is 1.15. The van der Waals surface area contributed by atoms with Gasteiger partial charge in [0.2, 0.25) is 0 Å². The van der Waals surface area contributed by atoms with Crippen molar-refractivity contribution in [2.45, 2.75) is 52.9 Å². The van der Waals surface area contributed by atoms with E-state index in [0.29, 0.717) is 0 Å². The van der Waals surface area contributed by atoms with Crippen molar-refractivity contribution in [3.05, 3.63) is 17.3 Å². The zero-order chi connectivity index (χ0) is 9.68. The predicted octanol–water partition coefficient (Wildman–Crippen LogP) is 3.28. The Balaban J connectivity index is 2.59. The third kappa shape index (κ3) is 2.87. The molecular formula is C11H19NO. The number of nitrogens with zero attached hydrogens (tertiary/aromatic N) is 1. The van der Waals surface area contributed by atoms with Crippen LogP contribution in [0, 0.1) is 6.92 Å². The molecule has 0 bridgehead atoms. The van der Waals surface area contributed by atoms with Gasteiger partial charge in [-0.25, -0.2) is 4.98 Å². The van der Waals surface area contributed by atoms with Gasteiger partial charge in [-0.3, -0.25) is 0 Å². The maximum Gasteiger partial charge on any atom is 0.194 e. The van der Waals surface area contributed by atoms with Crippen molar-refractivity contribution in [3.63, 3.8) is 0 Å². The van der Waals surface area contributed by atoms with Crippen LogP contribution in [0.4, 0.5) is 0 Å². The molecule has 0 saturated carbocycles. The number of oxazole rings is 1. The zero-order valence-electron chi connectivity index (χ0n) is 8.89. The molecule has 13 heavy (non-hydrogen) atoms. The largest absolute Gasteiger partial charge is 0.446 e. The summed E-state index contributed by atoms with van der Waals surface area (Å²) in [5.74, 6) is 1.93. The van der Waals surface area contributed by atoms with Crippen LogP contribution in [-0.4, -0.2) is 4.98 Å². The lowest BCUT2D eigenvalue weighted by molar-refractivity contribution is 0.463. The van der Waals surface area contributed by atoms with Gasteiger partial charge in [-0.15, -0.1) is 0 Å². The minimum absolute atomic E-state index is 0.919. The van der Waals surface area contributed by atoms with Crippen molar-refractivity contribution >= 4 is 0 Å². The van der Waals surface area contributed by atoms with E-state index in [2.05, 4.69) is 18.8 Å². The average Bonchev–Trinajstić information content (AvgIpc) is 2.45. The molecule has 0 N–H and O–H groups in total. The van der Waals surface area contributed by atoms with Crippen molar-refractivity contribution in [1.29, 1.82) is 0 Å². The Morgan fingerprint density at radius 3 is 2.54 bits per heavy atom. The van der Waals surface area contributed by atoms with Crippen LogP contribution in [0.15, 0.2) is 4.42 Å². The fourth-order valence-corrected chi connectivity index (χ4v) is 1.39. The summed E-state index contributed by atoms with van der Waals surface area (Å²) in [6, 6.07) is 0. The Morgan fingerprint density at radius 2 is 1.92 bits per heavy atom. The Morgan fingerprint density at radius 1 is 1.15 bits per heavy atom. The van der Waals surface area contributed by atoms with Crippen molar-refractivity contribution in [2.24, 2.45) is 0 Å². The molecule has 0 aliphatic carbocycles. The number of hydrogen-bond acceptors (Lipinski definition) is 2. The van der Waals surface area contributed by atoms with E-state index in [4.69, 9.17) is 4.42 Å². The first-order chi connectivity index (χ1) is 6.27. The van der Waals surface area contributed by atoms with E-state index in [0.717, 1.165) is 36.6 Å². The maximum absolute atomic E-state index is 5.56. The molecule has 0 amide bonds. The molecule has 0 unspecified atom stereocenters. The number of hydrogen-bond donors (Lipinski definition) is 0. The van der Waals surface area contributed by atoms with Gasteiger partial charge in [0, 0.05) is 6.42 Å².